The third-order valence-corrected chi connectivity index (χ3v) is 8.28. The lowest BCUT2D eigenvalue weighted by molar-refractivity contribution is 0.465. The number of thiophene rings is 1. The van der Waals surface area contributed by atoms with Crippen LogP contribution in [0.3, 0.4) is 0 Å². The molecule has 0 spiro atoms. The zero-order valence-electron chi connectivity index (χ0n) is 18.3. The quantitative estimate of drug-likeness (QED) is 0.295. The van der Waals surface area contributed by atoms with Crippen LogP contribution in [-0.2, 0) is 16.5 Å². The minimum Gasteiger partial charge on any atom is -0.294 e. The van der Waals surface area contributed by atoms with Gasteiger partial charge in [-0.15, -0.1) is 35.3 Å². The Kier molecular flexibility index (Phi) is 22.8. The van der Waals surface area contributed by atoms with Crippen LogP contribution in [0.5, 0.6) is 0 Å². The molecule has 4 nitrogen and oxygen atoms in total. The van der Waals surface area contributed by atoms with Crippen molar-refractivity contribution in [3.8, 4) is 0 Å². The molecule has 0 aromatic carbocycles. The van der Waals surface area contributed by atoms with E-state index in [1.54, 1.807) is 11.3 Å². The molecule has 0 amide bonds. The minimum absolute atomic E-state index is 0. The fraction of sp³-hybridized carbons (Fsp3) is 0.727. The molecule has 2 atom stereocenters. The maximum absolute atomic E-state index is 12.6. The molecule has 1 N–H and O–H groups in total. The number of nitrogens with zero attached hydrogens (tertiary/aromatic N) is 2. The van der Waals surface area contributed by atoms with Gasteiger partial charge in [0.15, 0.2) is 0 Å². The Morgan fingerprint density at radius 1 is 1.12 bits per heavy atom. The second-order valence-electron chi connectivity index (χ2n) is 8.39. The van der Waals surface area contributed by atoms with Crippen LogP contribution in [0.25, 0.3) is 0 Å². The number of rotatable bonds is 5. The maximum Gasteiger partial charge on any atom is 0.0978 e. The predicted octanol–water partition coefficient (Wildman–Crippen LogP) is 9.31. The number of halogens is 4. The lowest BCUT2D eigenvalue weighted by Gasteiger charge is -2.32. The van der Waals surface area contributed by atoms with Gasteiger partial charge in [0.05, 0.1) is 21.3 Å². The Balaban J connectivity index is -0.000000657. The standard InChI is InChI=1S/C15H23BrN2OS2.C5H9N.2CH4.I2.HI/c1-14(2,3)21(19)18-15(4,9-12-6-5-7-17-12)13-8-11(16)10-20-13;1-5-3-2-4-6-5;;;1-2;/h8,10,18H,5-7,9H2,1-4H3;2-4H2,1H3;2*1H4;;1H/t15-,21+;;;;;/m0...../s1. The molecule has 0 saturated carbocycles. The Bertz CT molecular complexity index is 736. The van der Waals surface area contributed by atoms with Gasteiger partial charge in [0, 0.05) is 82.9 Å². The molecule has 0 bridgehead atoms. The summed E-state index contributed by atoms with van der Waals surface area (Å²) in [5, 5.41) is 2.08. The fourth-order valence-electron chi connectivity index (χ4n) is 2.97. The molecule has 0 aliphatic carbocycles. The monoisotopic (exact) mass is 887 g/mol. The number of hydrogen-bond donors (Lipinski definition) is 1. The van der Waals surface area contributed by atoms with Gasteiger partial charge in [-0.3, -0.25) is 9.98 Å². The van der Waals surface area contributed by atoms with Gasteiger partial charge in [-0.05, 0) is 82.3 Å². The van der Waals surface area contributed by atoms with Crippen molar-refractivity contribution in [1.29, 1.82) is 0 Å². The molecule has 1 aromatic heterocycles. The largest absolute Gasteiger partial charge is 0.294 e. The molecule has 0 fully saturated rings. The van der Waals surface area contributed by atoms with Gasteiger partial charge in [0.25, 0.3) is 0 Å². The van der Waals surface area contributed by atoms with Gasteiger partial charge in [0.2, 0.25) is 0 Å². The minimum atomic E-state index is -1.11. The van der Waals surface area contributed by atoms with Crippen molar-refractivity contribution in [2.75, 3.05) is 13.1 Å². The van der Waals surface area contributed by atoms with E-state index in [0.29, 0.717) is 0 Å². The SMILES string of the molecule is C.C.CC(C)(C)[S@@](=O)N[C@@](C)(CC1=NCCC1)c1cc(Br)cs1.CC1=NCCC1.I.II. The van der Waals surface area contributed by atoms with Crippen molar-refractivity contribution >= 4 is 111 Å². The first-order chi connectivity index (χ1) is 13.6. The first-order valence-corrected chi connectivity index (χ1v) is 18.8. The Morgan fingerprint density at radius 2 is 1.69 bits per heavy atom. The summed E-state index contributed by atoms with van der Waals surface area (Å²) >= 11 is 9.45. The second kappa shape index (κ2) is 19.0. The van der Waals surface area contributed by atoms with E-state index in [1.165, 1.54) is 29.1 Å². The summed E-state index contributed by atoms with van der Waals surface area (Å²) in [5.74, 6) is 0. The summed E-state index contributed by atoms with van der Waals surface area (Å²) in [4.78, 5) is 9.94. The summed E-state index contributed by atoms with van der Waals surface area (Å²) in [6, 6.07) is 2.12. The smallest absolute Gasteiger partial charge is 0.0978 e. The van der Waals surface area contributed by atoms with Gasteiger partial charge in [-0.25, -0.2) is 8.93 Å². The highest BCUT2D eigenvalue weighted by Crippen LogP contribution is 2.35. The van der Waals surface area contributed by atoms with Crippen molar-refractivity contribution in [2.24, 2.45) is 9.98 Å². The average Bonchev–Trinajstić information content (AvgIpc) is 3.40. The van der Waals surface area contributed by atoms with Crippen LogP contribution in [0, 0.1) is 0 Å². The topological polar surface area (TPSA) is 53.8 Å². The first kappa shape index (κ1) is 38.4. The average molecular weight is 888 g/mol. The zero-order valence-corrected chi connectivity index (χ0v) is 28.1. The number of aliphatic imine (C=N–C) groups is 2. The highest BCUT2D eigenvalue weighted by molar-refractivity contribution is 15.0. The zero-order chi connectivity index (χ0) is 22.1. The van der Waals surface area contributed by atoms with Crippen LogP contribution in [0.15, 0.2) is 25.9 Å². The summed E-state index contributed by atoms with van der Waals surface area (Å²) in [5.41, 5.74) is 2.23. The second-order valence-corrected chi connectivity index (χ2v) is 12.2. The molecule has 190 valence electrons. The van der Waals surface area contributed by atoms with Gasteiger partial charge in [0.1, 0.15) is 0 Å². The molecule has 2 aliphatic rings. The highest BCUT2D eigenvalue weighted by Gasteiger charge is 2.35. The van der Waals surface area contributed by atoms with Crippen molar-refractivity contribution in [1.82, 2.24) is 4.72 Å². The lowest BCUT2D eigenvalue weighted by atomic mass is 9.93. The molecule has 3 heterocycles. The van der Waals surface area contributed by atoms with Crippen LogP contribution < -0.4 is 4.72 Å². The summed E-state index contributed by atoms with van der Waals surface area (Å²) in [6.07, 6.45) is 5.54. The van der Waals surface area contributed by atoms with Gasteiger partial charge < -0.3 is 0 Å². The van der Waals surface area contributed by atoms with Gasteiger partial charge in [-0.2, -0.15) is 0 Å². The first-order valence-electron chi connectivity index (χ1n) is 9.71. The molecular weight excluding hydrogens is 847 g/mol. The summed E-state index contributed by atoms with van der Waals surface area (Å²) < 4.78 is 16.7. The molecule has 0 saturated heterocycles. The van der Waals surface area contributed by atoms with Crippen LogP contribution in [0.4, 0.5) is 0 Å². The van der Waals surface area contributed by atoms with Crippen LogP contribution in [-0.4, -0.2) is 33.5 Å². The van der Waals surface area contributed by atoms with Crippen molar-refractivity contribution in [3.05, 3.63) is 20.8 Å². The van der Waals surface area contributed by atoms with Crippen molar-refractivity contribution in [3.63, 3.8) is 0 Å². The van der Waals surface area contributed by atoms with Gasteiger partial charge in [-0.1, -0.05) is 14.9 Å². The lowest BCUT2D eigenvalue weighted by Crippen LogP contribution is -2.46. The Hall–Kier alpha value is 1.82. The van der Waals surface area contributed by atoms with E-state index in [4.69, 9.17) is 0 Å². The van der Waals surface area contributed by atoms with Crippen molar-refractivity contribution < 1.29 is 4.21 Å². The fourth-order valence-corrected chi connectivity index (χ4v) is 5.48. The normalized spacial score (nSPS) is 17.4. The third kappa shape index (κ3) is 13.8. The van der Waals surface area contributed by atoms with E-state index in [9.17, 15) is 4.21 Å². The number of nitrogens with one attached hydrogen (secondary N) is 1. The summed E-state index contributed by atoms with van der Waals surface area (Å²) in [7, 11) is -1.11. The van der Waals surface area contributed by atoms with Gasteiger partial charge >= 0.3 is 0 Å². The molecule has 3 rings (SSSR count). The molecule has 0 unspecified atom stereocenters. The van der Waals surface area contributed by atoms with E-state index in [-0.39, 0.29) is 49.1 Å². The van der Waals surface area contributed by atoms with E-state index < -0.39 is 11.0 Å². The van der Waals surface area contributed by atoms with E-state index in [1.807, 2.05) is 20.8 Å². The number of hydrogen-bond acceptors (Lipinski definition) is 4. The molecule has 10 heteroatoms. The Labute approximate surface area is 252 Å². The third-order valence-electron chi connectivity index (χ3n) is 4.58. The van der Waals surface area contributed by atoms with E-state index in [2.05, 4.69) is 93.2 Å². The Morgan fingerprint density at radius 3 is 2.03 bits per heavy atom. The molecule has 2 aliphatic heterocycles. The predicted molar refractivity (Wildman–Crippen MR) is 181 cm³/mol. The van der Waals surface area contributed by atoms with Crippen LogP contribution >= 0.6 is 88.5 Å². The van der Waals surface area contributed by atoms with E-state index in [0.717, 1.165) is 36.8 Å². The van der Waals surface area contributed by atoms with Crippen molar-refractivity contribution in [2.45, 2.75) is 91.9 Å². The van der Waals surface area contributed by atoms with Crippen LogP contribution in [0.2, 0.25) is 0 Å². The molecular formula is C22H41BrI3N3OS2. The summed E-state index contributed by atoms with van der Waals surface area (Å²) in [6.45, 7) is 12.2. The molecule has 32 heavy (non-hydrogen) atoms. The molecule has 0 radical (unpaired) electrons. The maximum atomic E-state index is 12.6. The highest BCUT2D eigenvalue weighted by atomic mass is 128. The molecule has 1 aromatic rings. The van der Waals surface area contributed by atoms with E-state index >= 15 is 0 Å². The van der Waals surface area contributed by atoms with Crippen LogP contribution in [0.1, 0.15) is 86.5 Å².